The maximum atomic E-state index is 10.6. The van der Waals surface area contributed by atoms with Crippen molar-refractivity contribution < 1.29 is 9.90 Å². The van der Waals surface area contributed by atoms with Gasteiger partial charge in [-0.25, -0.2) is 4.79 Å². The van der Waals surface area contributed by atoms with Crippen molar-refractivity contribution in [1.82, 2.24) is 0 Å². The van der Waals surface area contributed by atoms with E-state index in [0.717, 1.165) is 12.8 Å². The maximum absolute atomic E-state index is 10.6. The van der Waals surface area contributed by atoms with Crippen LogP contribution in [0.2, 0.25) is 0 Å². The van der Waals surface area contributed by atoms with Gasteiger partial charge >= 0.3 is 5.97 Å². The summed E-state index contributed by atoms with van der Waals surface area (Å²) in [7, 11) is 0. The van der Waals surface area contributed by atoms with Crippen LogP contribution in [0.3, 0.4) is 0 Å². The van der Waals surface area contributed by atoms with Crippen LogP contribution in [0.25, 0.3) is 0 Å². The Bertz CT molecular complexity index is 176. The Hall–Kier alpha value is -0.790. The molecule has 1 N–H and O–H groups in total. The minimum Gasteiger partial charge on any atom is -0.478 e. The predicted molar refractivity (Wildman–Crippen MR) is 43.4 cm³/mol. The molecule has 0 heterocycles. The van der Waals surface area contributed by atoms with E-state index in [1.54, 1.807) is 6.08 Å². The molecule has 0 amide bonds. The first-order valence-electron chi connectivity index (χ1n) is 4.15. The average Bonchev–Trinajstić information content (AvgIpc) is 2.40. The molecule has 1 fully saturated rings. The summed E-state index contributed by atoms with van der Waals surface area (Å²) in [5.74, 6) is -0.406. The van der Waals surface area contributed by atoms with Crippen molar-refractivity contribution in [2.75, 3.05) is 0 Å². The van der Waals surface area contributed by atoms with Crippen molar-refractivity contribution in [2.45, 2.75) is 32.6 Å². The number of hydrogen-bond donors (Lipinski definition) is 1. The second-order valence-corrected chi connectivity index (χ2v) is 3.03. The number of carbonyl (C=O) groups is 1. The van der Waals surface area contributed by atoms with E-state index in [0.29, 0.717) is 11.5 Å². The zero-order chi connectivity index (χ0) is 8.27. The molecule has 11 heavy (non-hydrogen) atoms. The SMILES string of the molecule is C/C=C(/C(=O)O)C1CCCC1. The van der Waals surface area contributed by atoms with Gasteiger partial charge in [-0.05, 0) is 25.7 Å². The summed E-state index contributed by atoms with van der Waals surface area (Å²) >= 11 is 0. The van der Waals surface area contributed by atoms with E-state index in [1.165, 1.54) is 12.8 Å². The summed E-state index contributed by atoms with van der Waals surface area (Å²) in [5, 5.41) is 8.77. The van der Waals surface area contributed by atoms with E-state index in [-0.39, 0.29) is 0 Å². The highest BCUT2D eigenvalue weighted by atomic mass is 16.4. The molecule has 1 aliphatic carbocycles. The fourth-order valence-corrected chi connectivity index (χ4v) is 1.77. The van der Waals surface area contributed by atoms with E-state index in [2.05, 4.69) is 0 Å². The molecular formula is C9H14O2. The highest BCUT2D eigenvalue weighted by Crippen LogP contribution is 2.30. The fraction of sp³-hybridized carbons (Fsp3) is 0.667. The van der Waals surface area contributed by atoms with Gasteiger partial charge in [0.05, 0.1) is 0 Å². The van der Waals surface area contributed by atoms with Gasteiger partial charge in [-0.3, -0.25) is 0 Å². The lowest BCUT2D eigenvalue weighted by Crippen LogP contribution is -2.09. The van der Waals surface area contributed by atoms with Crippen molar-refractivity contribution in [3.8, 4) is 0 Å². The highest BCUT2D eigenvalue weighted by Gasteiger charge is 2.22. The Balaban J connectivity index is 2.62. The third-order valence-electron chi connectivity index (χ3n) is 2.35. The summed E-state index contributed by atoms with van der Waals surface area (Å²) < 4.78 is 0. The smallest absolute Gasteiger partial charge is 0.331 e. The molecular weight excluding hydrogens is 140 g/mol. The summed E-state index contributed by atoms with van der Waals surface area (Å²) in [4.78, 5) is 10.6. The van der Waals surface area contributed by atoms with Crippen LogP contribution in [-0.4, -0.2) is 11.1 Å². The van der Waals surface area contributed by atoms with Crippen LogP contribution >= 0.6 is 0 Å². The molecule has 0 aromatic carbocycles. The topological polar surface area (TPSA) is 37.3 Å². The highest BCUT2D eigenvalue weighted by molar-refractivity contribution is 5.87. The molecule has 0 unspecified atom stereocenters. The molecule has 0 atom stereocenters. The summed E-state index contributed by atoms with van der Waals surface area (Å²) in [5.41, 5.74) is 0.613. The van der Waals surface area contributed by atoms with Crippen LogP contribution in [0.15, 0.2) is 11.6 Å². The van der Waals surface area contributed by atoms with Gasteiger partial charge in [-0.1, -0.05) is 18.9 Å². The predicted octanol–water partition coefficient (Wildman–Crippen LogP) is 2.21. The lowest BCUT2D eigenvalue weighted by atomic mass is 9.97. The molecule has 0 aromatic heterocycles. The normalized spacial score (nSPS) is 20.6. The molecule has 1 rings (SSSR count). The van der Waals surface area contributed by atoms with Crippen molar-refractivity contribution >= 4 is 5.97 Å². The van der Waals surface area contributed by atoms with Gasteiger partial charge in [0.15, 0.2) is 0 Å². The molecule has 62 valence electrons. The molecule has 0 aromatic rings. The second-order valence-electron chi connectivity index (χ2n) is 3.03. The molecule has 0 bridgehead atoms. The van der Waals surface area contributed by atoms with Crippen LogP contribution in [0.5, 0.6) is 0 Å². The standard InChI is InChI=1S/C9H14O2/c1-2-8(9(10)11)7-5-3-4-6-7/h2,7H,3-6H2,1H3,(H,10,11)/b8-2+. The van der Waals surface area contributed by atoms with Gasteiger partial charge in [-0.15, -0.1) is 0 Å². The van der Waals surface area contributed by atoms with Gasteiger partial charge in [0, 0.05) is 5.57 Å². The van der Waals surface area contributed by atoms with E-state index >= 15 is 0 Å². The van der Waals surface area contributed by atoms with Crippen LogP contribution in [0.4, 0.5) is 0 Å². The number of aliphatic carboxylic acids is 1. The monoisotopic (exact) mass is 154 g/mol. The Morgan fingerprint density at radius 2 is 2.00 bits per heavy atom. The van der Waals surface area contributed by atoms with Crippen LogP contribution in [0, 0.1) is 5.92 Å². The Kier molecular flexibility index (Phi) is 2.69. The van der Waals surface area contributed by atoms with Crippen LogP contribution in [0.1, 0.15) is 32.6 Å². The van der Waals surface area contributed by atoms with Crippen molar-refractivity contribution in [2.24, 2.45) is 5.92 Å². The van der Waals surface area contributed by atoms with Gasteiger partial charge in [0.1, 0.15) is 0 Å². The lowest BCUT2D eigenvalue weighted by Gasteiger charge is -2.08. The van der Waals surface area contributed by atoms with Crippen molar-refractivity contribution in [1.29, 1.82) is 0 Å². The van der Waals surface area contributed by atoms with Crippen LogP contribution in [-0.2, 0) is 4.79 Å². The summed E-state index contributed by atoms with van der Waals surface area (Å²) in [6, 6.07) is 0. The molecule has 1 aliphatic rings. The first-order chi connectivity index (χ1) is 5.25. The third kappa shape index (κ3) is 1.82. The second kappa shape index (κ2) is 3.56. The molecule has 2 heteroatoms. The Morgan fingerprint density at radius 1 is 1.45 bits per heavy atom. The van der Waals surface area contributed by atoms with E-state index < -0.39 is 5.97 Å². The Labute approximate surface area is 66.9 Å². The van der Waals surface area contributed by atoms with Crippen molar-refractivity contribution in [3.63, 3.8) is 0 Å². The summed E-state index contributed by atoms with van der Waals surface area (Å²) in [6.07, 6.45) is 6.24. The van der Waals surface area contributed by atoms with Gasteiger partial charge < -0.3 is 5.11 Å². The van der Waals surface area contributed by atoms with Crippen LogP contribution < -0.4 is 0 Å². The zero-order valence-electron chi connectivity index (χ0n) is 6.84. The molecule has 0 aliphatic heterocycles. The molecule has 1 saturated carbocycles. The number of allylic oxidation sites excluding steroid dienone is 1. The molecule has 0 radical (unpaired) electrons. The lowest BCUT2D eigenvalue weighted by molar-refractivity contribution is -0.133. The minimum absolute atomic E-state index is 0.331. The minimum atomic E-state index is -0.737. The van der Waals surface area contributed by atoms with E-state index in [1.807, 2.05) is 6.92 Å². The number of hydrogen-bond acceptors (Lipinski definition) is 1. The maximum Gasteiger partial charge on any atom is 0.331 e. The Morgan fingerprint density at radius 3 is 2.36 bits per heavy atom. The number of rotatable bonds is 2. The van der Waals surface area contributed by atoms with Gasteiger partial charge in [0.2, 0.25) is 0 Å². The summed E-state index contributed by atoms with van der Waals surface area (Å²) in [6.45, 7) is 1.81. The average molecular weight is 154 g/mol. The quantitative estimate of drug-likeness (QED) is 0.619. The largest absolute Gasteiger partial charge is 0.478 e. The molecule has 0 saturated heterocycles. The first kappa shape index (κ1) is 8.31. The third-order valence-corrected chi connectivity index (χ3v) is 2.35. The van der Waals surface area contributed by atoms with E-state index in [4.69, 9.17) is 5.11 Å². The van der Waals surface area contributed by atoms with Gasteiger partial charge in [0.25, 0.3) is 0 Å². The number of carboxylic acid groups (broad SMARTS) is 1. The zero-order valence-corrected chi connectivity index (χ0v) is 6.84. The molecule has 0 spiro atoms. The van der Waals surface area contributed by atoms with Gasteiger partial charge in [-0.2, -0.15) is 0 Å². The number of carboxylic acids is 1. The fourth-order valence-electron chi connectivity index (χ4n) is 1.77. The first-order valence-corrected chi connectivity index (χ1v) is 4.15. The van der Waals surface area contributed by atoms with Crippen molar-refractivity contribution in [3.05, 3.63) is 11.6 Å². The molecule has 2 nitrogen and oxygen atoms in total. The van der Waals surface area contributed by atoms with E-state index in [9.17, 15) is 4.79 Å².